The molecule has 0 rings (SSSR count). The van der Waals surface area contributed by atoms with Crippen LogP contribution in [0.2, 0.25) is 0 Å². The van der Waals surface area contributed by atoms with Gasteiger partial charge in [-0.3, -0.25) is 10.8 Å². The molecule has 0 aromatic carbocycles. The zero-order valence-electron chi connectivity index (χ0n) is 5.52. The molecule has 52 valence electrons. The van der Waals surface area contributed by atoms with Crippen LogP contribution < -0.4 is 0 Å². The maximum atomic E-state index is 6.93. The largest absolute Gasteiger partial charge is 0.484 e. The predicted octanol–water partition coefficient (Wildman–Crippen LogP) is 0.624. The van der Waals surface area contributed by atoms with Gasteiger partial charge in [0.1, 0.15) is 0 Å². The van der Waals surface area contributed by atoms with Crippen LogP contribution in [-0.4, -0.2) is 26.0 Å². The van der Waals surface area contributed by atoms with Crippen molar-refractivity contribution in [2.75, 3.05) is 14.2 Å². The number of ether oxygens (including phenoxy) is 2. The summed E-state index contributed by atoms with van der Waals surface area (Å²) in [4.78, 5) is 0. The Kier molecular flexibility index (Phi) is 3.43. The van der Waals surface area contributed by atoms with E-state index in [4.69, 9.17) is 10.8 Å². The lowest BCUT2D eigenvalue weighted by Crippen LogP contribution is -2.08. The Bertz CT molecular complexity index is 108. The zero-order chi connectivity index (χ0) is 7.28. The smallest absolute Gasteiger partial charge is 0.189 e. The van der Waals surface area contributed by atoms with Crippen molar-refractivity contribution in [2.24, 2.45) is 0 Å². The second-order valence-corrected chi connectivity index (χ2v) is 1.43. The minimum Gasteiger partial charge on any atom is -0.484 e. The molecular weight excluding hydrogens is 120 g/mol. The first-order chi connectivity index (χ1) is 4.20. The molecule has 0 aromatic heterocycles. The molecule has 0 aliphatic rings. The molecule has 2 N–H and O–H groups in total. The molecule has 0 atom stereocenters. The lowest BCUT2D eigenvalue weighted by atomic mass is 10.4. The molecule has 4 heteroatoms. The summed E-state index contributed by atoms with van der Waals surface area (Å²) in [6.07, 6.45) is 0.132. The van der Waals surface area contributed by atoms with Gasteiger partial charge in [-0.2, -0.15) is 0 Å². The van der Waals surface area contributed by atoms with Crippen LogP contribution in [0.15, 0.2) is 0 Å². The highest BCUT2D eigenvalue weighted by atomic mass is 16.5. The van der Waals surface area contributed by atoms with E-state index in [0.29, 0.717) is 0 Å². The molecule has 9 heavy (non-hydrogen) atoms. The van der Waals surface area contributed by atoms with Gasteiger partial charge in [0.15, 0.2) is 11.8 Å². The first kappa shape index (κ1) is 7.94. The summed E-state index contributed by atoms with van der Waals surface area (Å²) < 4.78 is 8.97. The Balaban J connectivity index is 3.47. The first-order valence-electron chi connectivity index (χ1n) is 2.43. The zero-order valence-corrected chi connectivity index (χ0v) is 5.52. The number of methoxy groups -OCH3 is 2. The summed E-state index contributed by atoms with van der Waals surface area (Å²) in [5, 5.41) is 13.9. The molecule has 0 heterocycles. The van der Waals surface area contributed by atoms with Crippen molar-refractivity contribution in [3.05, 3.63) is 0 Å². The minimum atomic E-state index is 0.0434. The van der Waals surface area contributed by atoms with Crippen LogP contribution in [0, 0.1) is 10.8 Å². The lowest BCUT2D eigenvalue weighted by Gasteiger charge is -2.01. The molecule has 0 saturated carbocycles. The van der Waals surface area contributed by atoms with Crippen molar-refractivity contribution in [3.8, 4) is 0 Å². The highest BCUT2D eigenvalue weighted by molar-refractivity contribution is 5.93. The van der Waals surface area contributed by atoms with Crippen LogP contribution in [0.3, 0.4) is 0 Å². The summed E-state index contributed by atoms with van der Waals surface area (Å²) in [5.41, 5.74) is 0. The van der Waals surface area contributed by atoms with Gasteiger partial charge in [0, 0.05) is 0 Å². The molecule has 0 spiro atoms. The Morgan fingerprint density at radius 3 is 1.67 bits per heavy atom. The second kappa shape index (κ2) is 3.88. The summed E-state index contributed by atoms with van der Waals surface area (Å²) in [6.45, 7) is 0. The molecule has 0 aliphatic carbocycles. The Morgan fingerprint density at radius 1 is 1.11 bits per heavy atom. The molecule has 0 radical (unpaired) electrons. The first-order valence-corrected chi connectivity index (χ1v) is 2.43. The molecule has 0 unspecified atom stereocenters. The monoisotopic (exact) mass is 130 g/mol. The molecule has 0 amide bonds. The maximum Gasteiger partial charge on any atom is 0.189 e. The van der Waals surface area contributed by atoms with Gasteiger partial charge in [-0.25, -0.2) is 0 Å². The lowest BCUT2D eigenvalue weighted by molar-refractivity contribution is 0.368. The van der Waals surface area contributed by atoms with E-state index < -0.39 is 0 Å². The van der Waals surface area contributed by atoms with Crippen LogP contribution in [-0.2, 0) is 9.47 Å². The van der Waals surface area contributed by atoms with Crippen molar-refractivity contribution in [1.82, 2.24) is 0 Å². The van der Waals surface area contributed by atoms with Gasteiger partial charge >= 0.3 is 0 Å². The van der Waals surface area contributed by atoms with Gasteiger partial charge in [0.25, 0.3) is 0 Å². The molecule has 0 fully saturated rings. The van der Waals surface area contributed by atoms with E-state index in [1.165, 1.54) is 14.2 Å². The van der Waals surface area contributed by atoms with Crippen molar-refractivity contribution in [2.45, 2.75) is 6.42 Å². The van der Waals surface area contributed by atoms with E-state index in [1.54, 1.807) is 0 Å². The Labute approximate surface area is 53.8 Å². The Hall–Kier alpha value is -1.06. The van der Waals surface area contributed by atoms with Crippen molar-refractivity contribution in [3.63, 3.8) is 0 Å². The van der Waals surface area contributed by atoms with E-state index in [2.05, 4.69) is 9.47 Å². The normalized spacial score (nSPS) is 8.22. The Morgan fingerprint density at radius 2 is 1.44 bits per heavy atom. The maximum absolute atomic E-state index is 6.93. The quantitative estimate of drug-likeness (QED) is 0.425. The average molecular weight is 130 g/mol. The van der Waals surface area contributed by atoms with Gasteiger partial charge in [-0.05, 0) is 0 Å². The van der Waals surface area contributed by atoms with Crippen molar-refractivity contribution >= 4 is 11.8 Å². The summed E-state index contributed by atoms with van der Waals surface area (Å²) in [7, 11) is 2.79. The number of nitrogens with one attached hydrogen (secondary N) is 2. The predicted molar refractivity (Wildman–Crippen MR) is 34.1 cm³/mol. The third-order valence-electron chi connectivity index (χ3n) is 0.814. The summed E-state index contributed by atoms with van der Waals surface area (Å²) in [5.74, 6) is 0.0868. The minimum absolute atomic E-state index is 0.0434. The topological polar surface area (TPSA) is 66.2 Å². The van der Waals surface area contributed by atoms with E-state index in [0.717, 1.165) is 0 Å². The number of rotatable bonds is 2. The van der Waals surface area contributed by atoms with E-state index in [-0.39, 0.29) is 18.2 Å². The second-order valence-electron chi connectivity index (χ2n) is 1.43. The third-order valence-corrected chi connectivity index (χ3v) is 0.814. The van der Waals surface area contributed by atoms with Gasteiger partial charge in [-0.1, -0.05) is 0 Å². The van der Waals surface area contributed by atoms with Crippen LogP contribution in [0.4, 0.5) is 0 Å². The van der Waals surface area contributed by atoms with Crippen LogP contribution in [0.5, 0.6) is 0 Å². The highest BCUT2D eigenvalue weighted by Gasteiger charge is 1.99. The molecule has 0 bridgehead atoms. The van der Waals surface area contributed by atoms with Crippen LogP contribution in [0.25, 0.3) is 0 Å². The SMILES string of the molecule is COC(=N)CC(=N)OC. The fraction of sp³-hybridized carbons (Fsp3) is 0.600. The van der Waals surface area contributed by atoms with Crippen molar-refractivity contribution in [1.29, 1.82) is 10.8 Å². The van der Waals surface area contributed by atoms with Crippen molar-refractivity contribution < 1.29 is 9.47 Å². The highest BCUT2D eigenvalue weighted by Crippen LogP contribution is 1.86. The molecule has 0 aromatic rings. The van der Waals surface area contributed by atoms with Crippen LogP contribution in [0.1, 0.15) is 6.42 Å². The van der Waals surface area contributed by atoms with Gasteiger partial charge in [0.2, 0.25) is 0 Å². The van der Waals surface area contributed by atoms with E-state index in [1.807, 2.05) is 0 Å². The fourth-order valence-electron chi connectivity index (χ4n) is 0.290. The standard InChI is InChI=1S/C5H10N2O2/c1-8-4(6)3-5(7)9-2/h6-7H,3H2,1-2H3. The molecule has 4 nitrogen and oxygen atoms in total. The van der Waals surface area contributed by atoms with Crippen LogP contribution >= 0.6 is 0 Å². The van der Waals surface area contributed by atoms with E-state index >= 15 is 0 Å². The summed E-state index contributed by atoms with van der Waals surface area (Å²) >= 11 is 0. The molecule has 0 aliphatic heterocycles. The van der Waals surface area contributed by atoms with E-state index in [9.17, 15) is 0 Å². The average Bonchev–Trinajstić information content (AvgIpc) is 1.87. The summed E-state index contributed by atoms with van der Waals surface area (Å²) in [6, 6.07) is 0. The fourth-order valence-corrected chi connectivity index (χ4v) is 0.290. The van der Waals surface area contributed by atoms with Gasteiger partial charge < -0.3 is 9.47 Å². The third kappa shape index (κ3) is 3.52. The van der Waals surface area contributed by atoms with Gasteiger partial charge in [-0.15, -0.1) is 0 Å². The molecule has 0 saturated heterocycles. The number of hydrogen-bond acceptors (Lipinski definition) is 4. The van der Waals surface area contributed by atoms with Gasteiger partial charge in [0.05, 0.1) is 20.6 Å². The number of hydrogen-bond donors (Lipinski definition) is 2. The molecular formula is C5H10N2O2.